The Bertz CT molecular complexity index is 874. The van der Waals surface area contributed by atoms with Crippen LogP contribution in [-0.2, 0) is 6.18 Å². The molecule has 1 heterocycles. The van der Waals surface area contributed by atoms with E-state index in [1.807, 2.05) is 0 Å². The molecule has 0 spiro atoms. The highest BCUT2D eigenvalue weighted by Gasteiger charge is 2.36. The molecular weight excluding hydrogens is 395 g/mol. The summed E-state index contributed by atoms with van der Waals surface area (Å²) in [4.78, 5) is 23.4. The summed E-state index contributed by atoms with van der Waals surface area (Å²) in [5, 5.41) is 9.02. The molecular formula is C15H11BrF3NO4. The van der Waals surface area contributed by atoms with E-state index in [0.29, 0.717) is 26.7 Å². The number of rotatable bonds is 3. The summed E-state index contributed by atoms with van der Waals surface area (Å²) >= 11 is 3.20. The summed E-state index contributed by atoms with van der Waals surface area (Å²) in [6.45, 7) is 1.50. The Labute approximate surface area is 142 Å². The van der Waals surface area contributed by atoms with Gasteiger partial charge in [0.2, 0.25) is 0 Å². The molecule has 0 atom stereocenters. The molecule has 0 aliphatic heterocycles. The Kier molecular flexibility index (Phi) is 4.75. The van der Waals surface area contributed by atoms with E-state index in [-0.39, 0.29) is 11.4 Å². The maximum Gasteiger partial charge on any atom is 0.431 e. The molecule has 0 aliphatic carbocycles. The first-order valence-corrected chi connectivity index (χ1v) is 7.28. The summed E-state index contributed by atoms with van der Waals surface area (Å²) in [7, 11) is 1.32. The molecule has 2 aromatic rings. The number of methoxy groups -OCH3 is 1. The minimum Gasteiger partial charge on any atom is -0.495 e. The van der Waals surface area contributed by atoms with Crippen LogP contribution < -0.4 is 10.3 Å². The Morgan fingerprint density at radius 1 is 1.29 bits per heavy atom. The lowest BCUT2D eigenvalue weighted by Gasteiger charge is -2.19. The molecule has 0 amide bonds. The number of aromatic carboxylic acids is 1. The van der Waals surface area contributed by atoms with Gasteiger partial charge in [0.05, 0.1) is 17.3 Å². The number of carboxylic acid groups (broad SMARTS) is 1. The summed E-state index contributed by atoms with van der Waals surface area (Å²) in [6.07, 6.45) is -4.84. The third kappa shape index (κ3) is 3.16. The smallest absolute Gasteiger partial charge is 0.431 e. The molecule has 2 rings (SSSR count). The number of pyridine rings is 1. The van der Waals surface area contributed by atoms with Gasteiger partial charge >= 0.3 is 12.1 Å². The second-order valence-electron chi connectivity index (χ2n) is 4.85. The number of aryl methyl sites for hydroxylation is 1. The maximum absolute atomic E-state index is 13.3. The molecule has 0 aliphatic rings. The van der Waals surface area contributed by atoms with Crippen LogP contribution in [-0.4, -0.2) is 22.8 Å². The lowest BCUT2D eigenvalue weighted by molar-refractivity contribution is -0.142. The second kappa shape index (κ2) is 6.31. The number of hydrogen-bond donors (Lipinski definition) is 1. The number of alkyl halides is 3. The van der Waals surface area contributed by atoms with Gasteiger partial charge in [0.15, 0.2) is 0 Å². The van der Waals surface area contributed by atoms with Crippen molar-refractivity contribution < 1.29 is 27.8 Å². The van der Waals surface area contributed by atoms with E-state index in [2.05, 4.69) is 15.9 Å². The molecule has 0 saturated heterocycles. The molecule has 1 N–H and O–H groups in total. The van der Waals surface area contributed by atoms with Gasteiger partial charge in [0.25, 0.3) is 5.56 Å². The van der Waals surface area contributed by atoms with E-state index < -0.39 is 29.0 Å². The number of ether oxygens (including phenoxy) is 1. The van der Waals surface area contributed by atoms with Crippen molar-refractivity contribution >= 4 is 21.9 Å². The molecule has 0 bridgehead atoms. The maximum atomic E-state index is 13.3. The molecule has 24 heavy (non-hydrogen) atoms. The predicted molar refractivity (Wildman–Crippen MR) is 83.0 cm³/mol. The third-order valence-electron chi connectivity index (χ3n) is 3.31. The SMILES string of the molecule is COc1cc(-n2c(C(F)(F)F)ccc(C(=O)O)c2=O)c(C)cc1Br. The molecule has 0 radical (unpaired) electrons. The molecule has 128 valence electrons. The number of halogens is 4. The Morgan fingerprint density at radius 3 is 2.42 bits per heavy atom. The van der Waals surface area contributed by atoms with Crippen LogP contribution in [0.3, 0.4) is 0 Å². The summed E-state index contributed by atoms with van der Waals surface area (Å²) in [6, 6.07) is 3.93. The molecule has 5 nitrogen and oxygen atoms in total. The van der Waals surface area contributed by atoms with Crippen molar-refractivity contribution in [1.29, 1.82) is 0 Å². The average molecular weight is 406 g/mol. The van der Waals surface area contributed by atoms with Gasteiger partial charge < -0.3 is 9.84 Å². The van der Waals surface area contributed by atoms with E-state index in [1.54, 1.807) is 0 Å². The van der Waals surface area contributed by atoms with Crippen molar-refractivity contribution in [3.8, 4) is 11.4 Å². The fraction of sp³-hybridized carbons (Fsp3) is 0.200. The summed E-state index contributed by atoms with van der Waals surface area (Å²) in [5.74, 6) is -1.40. The van der Waals surface area contributed by atoms with Crippen molar-refractivity contribution in [2.24, 2.45) is 0 Å². The average Bonchev–Trinajstić information content (AvgIpc) is 2.46. The van der Waals surface area contributed by atoms with Gasteiger partial charge in [-0.15, -0.1) is 0 Å². The number of nitrogens with zero attached hydrogens (tertiary/aromatic N) is 1. The van der Waals surface area contributed by atoms with E-state index in [0.717, 1.165) is 0 Å². The van der Waals surface area contributed by atoms with Crippen molar-refractivity contribution in [1.82, 2.24) is 4.57 Å². The van der Waals surface area contributed by atoms with E-state index >= 15 is 0 Å². The zero-order valence-electron chi connectivity index (χ0n) is 12.4. The van der Waals surface area contributed by atoms with Crippen LogP contribution in [0, 0.1) is 6.92 Å². The van der Waals surface area contributed by atoms with Crippen LogP contribution in [0.2, 0.25) is 0 Å². The fourth-order valence-electron chi connectivity index (χ4n) is 2.20. The van der Waals surface area contributed by atoms with E-state index in [1.165, 1.54) is 26.2 Å². The zero-order chi connectivity index (χ0) is 18.2. The van der Waals surface area contributed by atoms with Crippen LogP contribution in [0.1, 0.15) is 21.6 Å². The standard InChI is InChI=1S/C15H11BrF3NO4/c1-7-5-9(16)11(24-2)6-10(7)20-12(15(17,18)19)4-3-8(13(20)21)14(22)23/h3-6H,1-2H3,(H,22,23). The predicted octanol–water partition coefficient (Wildman–Crippen LogP) is 3.63. The lowest BCUT2D eigenvalue weighted by atomic mass is 10.1. The largest absolute Gasteiger partial charge is 0.495 e. The fourth-order valence-corrected chi connectivity index (χ4v) is 2.82. The minimum atomic E-state index is -4.84. The normalized spacial score (nSPS) is 11.4. The van der Waals surface area contributed by atoms with Crippen LogP contribution in [0.25, 0.3) is 5.69 Å². The molecule has 0 saturated carbocycles. The number of benzene rings is 1. The topological polar surface area (TPSA) is 68.5 Å². The molecule has 0 unspecified atom stereocenters. The highest BCUT2D eigenvalue weighted by Crippen LogP contribution is 2.34. The number of carboxylic acids is 1. The van der Waals surface area contributed by atoms with Gasteiger partial charge in [-0.2, -0.15) is 13.2 Å². The quantitative estimate of drug-likeness (QED) is 0.846. The Hall–Kier alpha value is -2.29. The van der Waals surface area contributed by atoms with Crippen molar-refractivity contribution in [2.75, 3.05) is 7.11 Å². The van der Waals surface area contributed by atoms with Crippen LogP contribution in [0.15, 0.2) is 33.5 Å². The van der Waals surface area contributed by atoms with Crippen LogP contribution >= 0.6 is 15.9 Å². The minimum absolute atomic E-state index is 0.115. The Balaban J connectivity index is 2.94. The third-order valence-corrected chi connectivity index (χ3v) is 3.93. The van der Waals surface area contributed by atoms with Gasteiger partial charge in [-0.25, -0.2) is 4.79 Å². The van der Waals surface area contributed by atoms with Gasteiger partial charge in [-0.05, 0) is 46.6 Å². The van der Waals surface area contributed by atoms with Gasteiger partial charge in [0.1, 0.15) is 17.0 Å². The van der Waals surface area contributed by atoms with Crippen molar-refractivity contribution in [3.05, 3.63) is 55.9 Å². The first-order valence-electron chi connectivity index (χ1n) is 6.49. The van der Waals surface area contributed by atoms with Gasteiger partial charge in [-0.1, -0.05) is 0 Å². The highest BCUT2D eigenvalue weighted by molar-refractivity contribution is 9.10. The highest BCUT2D eigenvalue weighted by atomic mass is 79.9. The molecule has 9 heteroatoms. The number of aromatic nitrogens is 1. The molecule has 0 fully saturated rings. The lowest BCUT2D eigenvalue weighted by Crippen LogP contribution is -2.31. The van der Waals surface area contributed by atoms with Gasteiger partial charge in [-0.3, -0.25) is 9.36 Å². The van der Waals surface area contributed by atoms with Crippen LogP contribution in [0.4, 0.5) is 13.2 Å². The van der Waals surface area contributed by atoms with E-state index in [4.69, 9.17) is 9.84 Å². The van der Waals surface area contributed by atoms with E-state index in [9.17, 15) is 22.8 Å². The Morgan fingerprint density at radius 2 is 1.92 bits per heavy atom. The second-order valence-corrected chi connectivity index (χ2v) is 5.70. The van der Waals surface area contributed by atoms with Gasteiger partial charge in [0, 0.05) is 6.07 Å². The number of hydrogen-bond acceptors (Lipinski definition) is 3. The first-order chi connectivity index (χ1) is 11.1. The van der Waals surface area contributed by atoms with Crippen LogP contribution in [0.5, 0.6) is 5.75 Å². The zero-order valence-corrected chi connectivity index (χ0v) is 14.0. The first kappa shape index (κ1) is 18.1. The number of carbonyl (C=O) groups is 1. The van der Waals surface area contributed by atoms with Crippen molar-refractivity contribution in [3.63, 3.8) is 0 Å². The molecule has 1 aromatic heterocycles. The summed E-state index contributed by atoms with van der Waals surface area (Å²) in [5.41, 5.74) is -3.09. The van der Waals surface area contributed by atoms with Crippen molar-refractivity contribution in [2.45, 2.75) is 13.1 Å². The molecule has 1 aromatic carbocycles. The monoisotopic (exact) mass is 405 g/mol. The summed E-state index contributed by atoms with van der Waals surface area (Å²) < 4.78 is 45.8.